The first-order valence-corrected chi connectivity index (χ1v) is 8.63. The molecule has 2 aromatic rings. The standard InChI is InChI=1S/C18H28N4O2/c1-12-10-16(15(4)24-12)13(2)19-11-17-14(3)20-21(5)18(17)22-6-8-23-9-7-22/h10,13,19H,6-9,11H2,1-5H3. The van der Waals surface area contributed by atoms with Gasteiger partial charge in [0.25, 0.3) is 0 Å². The summed E-state index contributed by atoms with van der Waals surface area (Å²) < 4.78 is 13.1. The SMILES string of the molecule is Cc1cc(C(C)NCc2c(C)nn(C)c2N2CCOCC2)c(C)o1. The van der Waals surface area contributed by atoms with Crippen molar-refractivity contribution < 1.29 is 9.15 Å². The molecule has 1 fully saturated rings. The predicted octanol–water partition coefficient (Wildman–Crippen LogP) is 2.63. The maximum absolute atomic E-state index is 5.66. The summed E-state index contributed by atoms with van der Waals surface area (Å²) in [4.78, 5) is 2.37. The van der Waals surface area contributed by atoms with Crippen LogP contribution in [0.1, 0.15) is 41.3 Å². The average molecular weight is 332 g/mol. The molecule has 1 saturated heterocycles. The number of hydrogen-bond donors (Lipinski definition) is 1. The highest BCUT2D eigenvalue weighted by atomic mass is 16.5. The summed E-state index contributed by atoms with van der Waals surface area (Å²) in [5.74, 6) is 3.15. The van der Waals surface area contributed by atoms with Gasteiger partial charge in [0.1, 0.15) is 17.3 Å². The van der Waals surface area contributed by atoms with Gasteiger partial charge in [0.2, 0.25) is 0 Å². The number of ether oxygens (including phenoxy) is 1. The summed E-state index contributed by atoms with van der Waals surface area (Å²) in [5.41, 5.74) is 3.57. The molecule has 1 N–H and O–H groups in total. The lowest BCUT2D eigenvalue weighted by Gasteiger charge is -2.29. The largest absolute Gasteiger partial charge is 0.466 e. The van der Waals surface area contributed by atoms with Crippen LogP contribution in [0, 0.1) is 20.8 Å². The molecule has 0 aromatic carbocycles. The highest BCUT2D eigenvalue weighted by Gasteiger charge is 2.22. The third-order valence-corrected chi connectivity index (χ3v) is 4.75. The van der Waals surface area contributed by atoms with Crippen LogP contribution in [-0.2, 0) is 18.3 Å². The number of aryl methyl sites for hydroxylation is 4. The van der Waals surface area contributed by atoms with Gasteiger partial charge in [-0.3, -0.25) is 4.68 Å². The first-order valence-electron chi connectivity index (χ1n) is 8.63. The zero-order valence-corrected chi connectivity index (χ0v) is 15.3. The van der Waals surface area contributed by atoms with Crippen LogP contribution in [0.5, 0.6) is 0 Å². The van der Waals surface area contributed by atoms with E-state index in [9.17, 15) is 0 Å². The van der Waals surface area contributed by atoms with Crippen molar-refractivity contribution >= 4 is 5.82 Å². The molecule has 1 aliphatic heterocycles. The van der Waals surface area contributed by atoms with Gasteiger partial charge in [0, 0.05) is 43.9 Å². The molecule has 0 spiro atoms. The smallest absolute Gasteiger partial charge is 0.131 e. The molecule has 6 nitrogen and oxygen atoms in total. The van der Waals surface area contributed by atoms with E-state index in [2.05, 4.69) is 35.2 Å². The molecule has 6 heteroatoms. The van der Waals surface area contributed by atoms with E-state index in [1.165, 1.54) is 16.9 Å². The highest BCUT2D eigenvalue weighted by Crippen LogP contribution is 2.26. The first-order chi connectivity index (χ1) is 11.5. The maximum atomic E-state index is 5.66. The van der Waals surface area contributed by atoms with Gasteiger partial charge < -0.3 is 19.4 Å². The summed E-state index contributed by atoms with van der Waals surface area (Å²) in [7, 11) is 2.02. The number of hydrogen-bond acceptors (Lipinski definition) is 5. The highest BCUT2D eigenvalue weighted by molar-refractivity contribution is 5.50. The topological polar surface area (TPSA) is 55.5 Å². The molecule has 3 heterocycles. The van der Waals surface area contributed by atoms with Crippen LogP contribution in [0.3, 0.4) is 0 Å². The molecule has 1 atom stereocenters. The molecule has 24 heavy (non-hydrogen) atoms. The summed E-state index contributed by atoms with van der Waals surface area (Å²) in [6, 6.07) is 2.35. The number of anilines is 1. The fourth-order valence-corrected chi connectivity index (χ4v) is 3.51. The molecule has 132 valence electrons. The van der Waals surface area contributed by atoms with Crippen molar-refractivity contribution in [1.29, 1.82) is 0 Å². The zero-order chi connectivity index (χ0) is 17.3. The summed E-state index contributed by atoms with van der Waals surface area (Å²) in [6.07, 6.45) is 0. The summed E-state index contributed by atoms with van der Waals surface area (Å²) in [6.45, 7) is 12.5. The second-order valence-corrected chi connectivity index (χ2v) is 6.58. The Hall–Kier alpha value is -1.79. The van der Waals surface area contributed by atoms with Gasteiger partial charge in [0.15, 0.2) is 0 Å². The third kappa shape index (κ3) is 3.35. The molecule has 0 aliphatic carbocycles. The molecule has 1 unspecified atom stereocenters. The average Bonchev–Trinajstić information content (AvgIpc) is 3.03. The van der Waals surface area contributed by atoms with Gasteiger partial charge in [0.05, 0.1) is 18.9 Å². The molecule has 0 amide bonds. The van der Waals surface area contributed by atoms with E-state index in [0.29, 0.717) is 0 Å². The van der Waals surface area contributed by atoms with E-state index in [-0.39, 0.29) is 6.04 Å². The number of furan rings is 1. The van der Waals surface area contributed by atoms with Crippen molar-refractivity contribution in [3.8, 4) is 0 Å². The Morgan fingerprint density at radius 1 is 1.25 bits per heavy atom. The predicted molar refractivity (Wildman–Crippen MR) is 94.4 cm³/mol. The van der Waals surface area contributed by atoms with Crippen LogP contribution >= 0.6 is 0 Å². The van der Waals surface area contributed by atoms with Crippen LogP contribution in [0.4, 0.5) is 5.82 Å². The quantitative estimate of drug-likeness (QED) is 0.912. The second-order valence-electron chi connectivity index (χ2n) is 6.58. The van der Waals surface area contributed by atoms with E-state index >= 15 is 0 Å². The van der Waals surface area contributed by atoms with E-state index < -0.39 is 0 Å². The van der Waals surface area contributed by atoms with E-state index in [1.807, 2.05) is 25.6 Å². The Morgan fingerprint density at radius 2 is 1.96 bits per heavy atom. The minimum absolute atomic E-state index is 0.236. The summed E-state index contributed by atoms with van der Waals surface area (Å²) >= 11 is 0. The van der Waals surface area contributed by atoms with Crippen molar-refractivity contribution in [2.45, 2.75) is 40.3 Å². The molecule has 0 bridgehead atoms. The minimum Gasteiger partial charge on any atom is -0.466 e. The minimum atomic E-state index is 0.236. The van der Waals surface area contributed by atoms with Crippen molar-refractivity contribution in [1.82, 2.24) is 15.1 Å². The van der Waals surface area contributed by atoms with E-state index in [0.717, 1.165) is 50.1 Å². The Balaban J connectivity index is 1.76. The number of nitrogens with one attached hydrogen (secondary N) is 1. The lowest BCUT2D eigenvalue weighted by molar-refractivity contribution is 0.122. The van der Waals surface area contributed by atoms with Gasteiger partial charge in [-0.25, -0.2) is 0 Å². The number of morpholine rings is 1. The Bertz CT molecular complexity index is 698. The molecular formula is C18H28N4O2. The Kier molecular flexibility index (Phi) is 4.96. The van der Waals surface area contributed by atoms with Crippen molar-refractivity contribution in [3.63, 3.8) is 0 Å². The number of rotatable bonds is 5. The van der Waals surface area contributed by atoms with E-state index in [1.54, 1.807) is 0 Å². The van der Waals surface area contributed by atoms with Gasteiger partial charge in [-0.2, -0.15) is 5.10 Å². The second kappa shape index (κ2) is 6.99. The normalized spacial score (nSPS) is 16.6. The maximum Gasteiger partial charge on any atom is 0.131 e. The van der Waals surface area contributed by atoms with Gasteiger partial charge in [-0.15, -0.1) is 0 Å². The Labute approximate surface area is 143 Å². The molecule has 3 rings (SSSR count). The molecular weight excluding hydrogens is 304 g/mol. The van der Waals surface area contributed by atoms with Crippen LogP contribution < -0.4 is 10.2 Å². The van der Waals surface area contributed by atoms with Crippen LogP contribution in [0.25, 0.3) is 0 Å². The van der Waals surface area contributed by atoms with Crippen molar-refractivity contribution in [3.05, 3.63) is 34.4 Å². The van der Waals surface area contributed by atoms with Gasteiger partial charge in [-0.05, 0) is 33.8 Å². The number of nitrogens with zero attached hydrogens (tertiary/aromatic N) is 3. The molecule has 0 radical (unpaired) electrons. The molecule has 1 aliphatic rings. The number of aromatic nitrogens is 2. The Morgan fingerprint density at radius 3 is 2.58 bits per heavy atom. The third-order valence-electron chi connectivity index (χ3n) is 4.75. The summed E-state index contributed by atoms with van der Waals surface area (Å²) in [5, 5.41) is 8.27. The van der Waals surface area contributed by atoms with Crippen molar-refractivity contribution in [2.75, 3.05) is 31.2 Å². The lowest BCUT2D eigenvalue weighted by atomic mass is 10.1. The van der Waals surface area contributed by atoms with Crippen molar-refractivity contribution in [2.24, 2.45) is 7.05 Å². The van der Waals surface area contributed by atoms with E-state index in [4.69, 9.17) is 9.15 Å². The molecule has 0 saturated carbocycles. The monoisotopic (exact) mass is 332 g/mol. The zero-order valence-electron chi connectivity index (χ0n) is 15.3. The fraction of sp³-hybridized carbons (Fsp3) is 0.611. The molecule has 2 aromatic heterocycles. The van der Waals surface area contributed by atoms with Gasteiger partial charge in [-0.1, -0.05) is 0 Å². The van der Waals surface area contributed by atoms with Crippen LogP contribution in [-0.4, -0.2) is 36.1 Å². The fourth-order valence-electron chi connectivity index (χ4n) is 3.51. The first kappa shape index (κ1) is 17.0. The lowest BCUT2D eigenvalue weighted by Crippen LogP contribution is -2.38. The van der Waals surface area contributed by atoms with Crippen LogP contribution in [0.15, 0.2) is 10.5 Å². The van der Waals surface area contributed by atoms with Crippen LogP contribution in [0.2, 0.25) is 0 Å². The van der Waals surface area contributed by atoms with Gasteiger partial charge >= 0.3 is 0 Å².